The molecule has 0 unspecified atom stereocenters. The number of nitrogens with one attached hydrogen (secondary N) is 2. The first-order chi connectivity index (χ1) is 13.7. The van der Waals surface area contributed by atoms with Crippen molar-refractivity contribution < 1.29 is 27.2 Å². The fourth-order valence-corrected chi connectivity index (χ4v) is 4.34. The second-order valence-electron chi connectivity index (χ2n) is 6.02. The van der Waals surface area contributed by atoms with Crippen LogP contribution in [0, 0.1) is 6.92 Å². The summed E-state index contributed by atoms with van der Waals surface area (Å²) in [5, 5.41) is 6.67. The zero-order valence-electron chi connectivity index (χ0n) is 15.1. The Morgan fingerprint density at radius 3 is 2.69 bits per heavy atom. The van der Waals surface area contributed by atoms with Gasteiger partial charge in [-0.15, -0.1) is 11.3 Å². The topological polar surface area (TPSA) is 84.2 Å². The van der Waals surface area contributed by atoms with Crippen molar-refractivity contribution in [1.82, 2.24) is 15.6 Å². The molecule has 0 spiro atoms. The molecule has 154 valence electrons. The van der Waals surface area contributed by atoms with Crippen LogP contribution in [0.3, 0.4) is 0 Å². The van der Waals surface area contributed by atoms with Crippen LogP contribution in [0.4, 0.5) is 13.2 Å². The zero-order chi connectivity index (χ0) is 21.0. The second kappa shape index (κ2) is 8.87. The minimum absolute atomic E-state index is 0.0237. The minimum Gasteiger partial charge on any atom is -0.451 e. The highest BCUT2D eigenvalue weighted by atomic mass is 32.2. The van der Waals surface area contributed by atoms with Crippen molar-refractivity contribution in [2.45, 2.75) is 23.2 Å². The van der Waals surface area contributed by atoms with Gasteiger partial charge in [-0.05, 0) is 13.0 Å². The Morgan fingerprint density at radius 2 is 2.00 bits per heavy atom. The summed E-state index contributed by atoms with van der Waals surface area (Å²) in [5.74, 6) is -1.18. The summed E-state index contributed by atoms with van der Waals surface area (Å²) in [5.41, 5.74) is 2.04. The number of carbonyl (C=O) groups excluding carboxylic acids is 2. The van der Waals surface area contributed by atoms with Crippen molar-refractivity contribution in [3.63, 3.8) is 0 Å². The Morgan fingerprint density at radius 1 is 1.24 bits per heavy atom. The Balaban J connectivity index is 1.72. The molecule has 0 bridgehead atoms. The average Bonchev–Trinajstić information content (AvgIpc) is 3.25. The lowest BCUT2D eigenvalue weighted by Gasteiger charge is -2.09. The molecule has 0 aliphatic heterocycles. The van der Waals surface area contributed by atoms with Gasteiger partial charge < -0.3 is 15.1 Å². The van der Waals surface area contributed by atoms with E-state index in [0.29, 0.717) is 16.9 Å². The highest BCUT2D eigenvalue weighted by Gasteiger charge is 2.28. The van der Waals surface area contributed by atoms with Crippen molar-refractivity contribution in [3.8, 4) is 0 Å². The molecule has 0 atom stereocenters. The number of furan rings is 1. The van der Waals surface area contributed by atoms with E-state index in [0.717, 1.165) is 15.4 Å². The number of aromatic nitrogens is 1. The predicted molar refractivity (Wildman–Crippen MR) is 104 cm³/mol. The molecule has 0 radical (unpaired) electrons. The van der Waals surface area contributed by atoms with Crippen LogP contribution in [0.5, 0.6) is 0 Å². The Labute approximate surface area is 171 Å². The van der Waals surface area contributed by atoms with Crippen molar-refractivity contribution in [2.24, 2.45) is 0 Å². The standard InChI is InChI=1S/C18H16F3N3O3S2/c1-10-7-28-17(24-10)29-8-12-11-4-2-3-5-13(11)27-15(12)16(26)22-6-14(25)23-9-18(19,20)21/h2-5,7H,6,8-9H2,1H3,(H,22,26)(H,23,25). The lowest BCUT2D eigenvalue weighted by Crippen LogP contribution is -2.40. The van der Waals surface area contributed by atoms with E-state index >= 15 is 0 Å². The maximum Gasteiger partial charge on any atom is 0.405 e. The molecule has 0 saturated heterocycles. The Bertz CT molecular complexity index is 1030. The fraction of sp³-hybridized carbons (Fsp3) is 0.278. The van der Waals surface area contributed by atoms with Gasteiger partial charge >= 0.3 is 6.18 Å². The number of fused-ring (bicyclic) bond motifs is 1. The maximum absolute atomic E-state index is 12.5. The van der Waals surface area contributed by atoms with Gasteiger partial charge in [0.15, 0.2) is 5.76 Å². The van der Waals surface area contributed by atoms with Crippen LogP contribution in [-0.2, 0) is 10.5 Å². The molecular formula is C18H16F3N3O3S2. The van der Waals surface area contributed by atoms with Gasteiger partial charge in [0.05, 0.1) is 6.54 Å². The molecule has 6 nitrogen and oxygen atoms in total. The van der Waals surface area contributed by atoms with Crippen molar-refractivity contribution in [2.75, 3.05) is 13.1 Å². The summed E-state index contributed by atoms with van der Waals surface area (Å²) in [4.78, 5) is 28.4. The molecule has 3 aromatic rings. The lowest BCUT2D eigenvalue weighted by atomic mass is 10.1. The molecule has 2 N–H and O–H groups in total. The van der Waals surface area contributed by atoms with Gasteiger partial charge in [-0.2, -0.15) is 13.2 Å². The SMILES string of the molecule is Cc1csc(SCc2c(C(=O)NCC(=O)NCC(F)(F)F)oc3ccccc23)n1. The van der Waals surface area contributed by atoms with Gasteiger partial charge in [0.1, 0.15) is 16.5 Å². The van der Waals surface area contributed by atoms with Gasteiger partial charge in [-0.1, -0.05) is 30.0 Å². The number of carbonyl (C=O) groups is 2. The van der Waals surface area contributed by atoms with Crippen LogP contribution in [0.25, 0.3) is 11.0 Å². The van der Waals surface area contributed by atoms with Crippen LogP contribution >= 0.6 is 23.1 Å². The van der Waals surface area contributed by atoms with E-state index in [2.05, 4.69) is 10.3 Å². The molecule has 0 aliphatic rings. The van der Waals surface area contributed by atoms with E-state index in [9.17, 15) is 22.8 Å². The molecule has 0 saturated carbocycles. The number of thioether (sulfide) groups is 1. The molecular weight excluding hydrogens is 427 g/mol. The van der Waals surface area contributed by atoms with E-state index < -0.39 is 31.1 Å². The largest absolute Gasteiger partial charge is 0.451 e. The molecule has 2 aromatic heterocycles. The van der Waals surface area contributed by atoms with E-state index in [1.54, 1.807) is 17.4 Å². The van der Waals surface area contributed by atoms with E-state index in [-0.39, 0.29) is 5.76 Å². The Hall–Kier alpha value is -2.53. The maximum atomic E-state index is 12.5. The third-order valence-corrected chi connectivity index (χ3v) is 5.90. The zero-order valence-corrected chi connectivity index (χ0v) is 16.8. The monoisotopic (exact) mass is 443 g/mol. The van der Waals surface area contributed by atoms with Crippen LogP contribution in [0.1, 0.15) is 21.8 Å². The lowest BCUT2D eigenvalue weighted by molar-refractivity contribution is -0.137. The smallest absolute Gasteiger partial charge is 0.405 e. The average molecular weight is 443 g/mol. The highest BCUT2D eigenvalue weighted by Crippen LogP contribution is 2.33. The quantitative estimate of drug-likeness (QED) is 0.541. The summed E-state index contributed by atoms with van der Waals surface area (Å²) in [7, 11) is 0. The molecule has 0 fully saturated rings. The Kier molecular flexibility index (Phi) is 6.48. The number of halogens is 3. The number of thiazole rings is 1. The second-order valence-corrected chi connectivity index (χ2v) is 8.10. The molecule has 2 heterocycles. The van der Waals surface area contributed by atoms with E-state index in [1.807, 2.05) is 24.4 Å². The number of alkyl halides is 3. The fourth-order valence-electron chi connectivity index (χ4n) is 2.46. The summed E-state index contributed by atoms with van der Waals surface area (Å²) < 4.78 is 42.9. The minimum atomic E-state index is -4.52. The molecule has 1 aromatic carbocycles. The first-order valence-electron chi connectivity index (χ1n) is 8.40. The van der Waals surface area contributed by atoms with E-state index in [4.69, 9.17) is 4.42 Å². The first-order valence-corrected chi connectivity index (χ1v) is 10.3. The van der Waals surface area contributed by atoms with Crippen LogP contribution in [-0.4, -0.2) is 36.1 Å². The number of nitrogens with zero attached hydrogens (tertiary/aromatic N) is 1. The summed E-state index contributed by atoms with van der Waals surface area (Å²) in [6.45, 7) is -0.164. The molecule has 0 aliphatic carbocycles. The number of hydrogen-bond donors (Lipinski definition) is 2. The molecule has 11 heteroatoms. The molecule has 29 heavy (non-hydrogen) atoms. The van der Waals surface area contributed by atoms with E-state index in [1.165, 1.54) is 23.1 Å². The number of aryl methyl sites for hydroxylation is 1. The summed E-state index contributed by atoms with van der Waals surface area (Å²) in [6, 6.07) is 7.10. The normalized spacial score (nSPS) is 11.6. The van der Waals surface area contributed by atoms with Crippen molar-refractivity contribution in [3.05, 3.63) is 46.7 Å². The van der Waals surface area contributed by atoms with Gasteiger partial charge in [0.2, 0.25) is 5.91 Å². The van der Waals surface area contributed by atoms with Crippen molar-refractivity contribution >= 4 is 45.9 Å². The highest BCUT2D eigenvalue weighted by molar-refractivity contribution is 8.00. The van der Waals surface area contributed by atoms with Gasteiger partial charge in [-0.25, -0.2) is 4.98 Å². The third kappa shape index (κ3) is 5.73. The van der Waals surface area contributed by atoms with Crippen molar-refractivity contribution in [1.29, 1.82) is 0 Å². The summed E-state index contributed by atoms with van der Waals surface area (Å²) >= 11 is 2.93. The van der Waals surface area contributed by atoms with Crippen LogP contribution in [0.2, 0.25) is 0 Å². The number of para-hydroxylation sites is 1. The number of benzene rings is 1. The van der Waals surface area contributed by atoms with Gasteiger partial charge in [-0.3, -0.25) is 9.59 Å². The predicted octanol–water partition coefficient (Wildman–Crippen LogP) is 3.90. The molecule has 3 rings (SSSR count). The van der Waals surface area contributed by atoms with Crippen LogP contribution < -0.4 is 10.6 Å². The van der Waals surface area contributed by atoms with Crippen LogP contribution in [0.15, 0.2) is 38.4 Å². The van der Waals surface area contributed by atoms with Gasteiger partial charge in [0, 0.05) is 27.8 Å². The third-order valence-electron chi connectivity index (χ3n) is 3.74. The first kappa shape index (κ1) is 21.2. The summed E-state index contributed by atoms with van der Waals surface area (Å²) in [6.07, 6.45) is -4.52. The molecule has 2 amide bonds. The van der Waals surface area contributed by atoms with Gasteiger partial charge in [0.25, 0.3) is 5.91 Å². The number of hydrogen-bond acceptors (Lipinski definition) is 6. The number of rotatable bonds is 7. The number of amides is 2.